The Morgan fingerprint density at radius 2 is 1.86 bits per heavy atom. The Kier molecular flexibility index (Phi) is 7.42. The number of carbonyl (C=O) groups excluding carboxylic acids is 2. The first kappa shape index (κ1) is 24.7. The zero-order valence-corrected chi connectivity index (χ0v) is 20.7. The van der Waals surface area contributed by atoms with E-state index in [0.717, 1.165) is 35.7 Å². The molecule has 0 spiro atoms. The van der Waals surface area contributed by atoms with Crippen LogP contribution in [0.5, 0.6) is 5.75 Å². The summed E-state index contributed by atoms with van der Waals surface area (Å²) < 4.78 is 33.4. The Hall–Kier alpha value is -3.37. The van der Waals surface area contributed by atoms with Gasteiger partial charge in [-0.25, -0.2) is 8.42 Å². The third-order valence-electron chi connectivity index (χ3n) is 6.16. The maximum Gasteiger partial charge on any atom is 0.247 e. The molecule has 1 aliphatic heterocycles. The number of para-hydroxylation sites is 1. The summed E-state index contributed by atoms with van der Waals surface area (Å²) in [5, 5.41) is 6.45. The summed E-state index contributed by atoms with van der Waals surface area (Å²) in [5.74, 6) is -0.573. The molecule has 0 radical (unpaired) electrons. The van der Waals surface area contributed by atoms with Crippen LogP contribution in [0.2, 0.25) is 0 Å². The fourth-order valence-electron chi connectivity index (χ4n) is 4.40. The standard InChI is InChI=1S/C25H30N4O5S/c1-17(30)27-22(14-18-16-26-21-9-5-4-8-20(18)21)25(31)28-19-10-11-23(34-2)24(15-19)35(32,33)29-12-6-3-7-13-29/h4-5,8-11,15-16,22,26H,3,6-7,12-14H2,1-2H3,(H,27,30)(H,28,31). The minimum absolute atomic E-state index is 0.00686. The summed E-state index contributed by atoms with van der Waals surface area (Å²) in [7, 11) is -2.37. The van der Waals surface area contributed by atoms with Crippen molar-refractivity contribution in [1.82, 2.24) is 14.6 Å². The molecule has 1 fully saturated rings. The Morgan fingerprint density at radius 1 is 1.11 bits per heavy atom. The molecule has 9 nitrogen and oxygen atoms in total. The molecule has 1 saturated heterocycles. The number of carbonyl (C=O) groups is 2. The predicted molar refractivity (Wildman–Crippen MR) is 134 cm³/mol. The average Bonchev–Trinajstić information content (AvgIpc) is 3.26. The highest BCUT2D eigenvalue weighted by molar-refractivity contribution is 7.89. The third-order valence-corrected chi connectivity index (χ3v) is 8.08. The van der Waals surface area contributed by atoms with Crippen molar-refractivity contribution >= 4 is 38.4 Å². The van der Waals surface area contributed by atoms with Crippen LogP contribution < -0.4 is 15.4 Å². The van der Waals surface area contributed by atoms with Crippen molar-refractivity contribution in [3.8, 4) is 5.75 Å². The van der Waals surface area contributed by atoms with E-state index in [2.05, 4.69) is 15.6 Å². The largest absolute Gasteiger partial charge is 0.495 e. The maximum atomic E-state index is 13.3. The smallest absolute Gasteiger partial charge is 0.247 e. The van der Waals surface area contributed by atoms with Crippen LogP contribution in [-0.4, -0.2) is 55.8 Å². The minimum atomic E-state index is -3.78. The maximum absolute atomic E-state index is 13.3. The minimum Gasteiger partial charge on any atom is -0.495 e. The Bertz CT molecular complexity index is 1330. The highest BCUT2D eigenvalue weighted by Crippen LogP contribution is 2.31. The van der Waals surface area contributed by atoms with E-state index < -0.39 is 22.0 Å². The second-order valence-corrected chi connectivity index (χ2v) is 10.5. The van der Waals surface area contributed by atoms with E-state index in [9.17, 15) is 18.0 Å². The third kappa shape index (κ3) is 5.49. The number of H-pyrrole nitrogens is 1. The van der Waals surface area contributed by atoms with E-state index in [1.165, 1.54) is 30.5 Å². The zero-order valence-electron chi connectivity index (χ0n) is 19.8. The predicted octanol–water partition coefficient (Wildman–Crippen LogP) is 3.04. The van der Waals surface area contributed by atoms with Crippen molar-refractivity contribution in [2.24, 2.45) is 0 Å². The number of piperidine rings is 1. The molecule has 10 heteroatoms. The van der Waals surface area contributed by atoms with Gasteiger partial charge in [-0.05, 0) is 42.7 Å². The molecule has 0 aliphatic carbocycles. The monoisotopic (exact) mass is 498 g/mol. The summed E-state index contributed by atoms with van der Waals surface area (Å²) >= 11 is 0. The lowest BCUT2D eigenvalue weighted by molar-refractivity contribution is -0.125. The molecule has 35 heavy (non-hydrogen) atoms. The van der Waals surface area contributed by atoms with Gasteiger partial charge in [-0.15, -0.1) is 0 Å². The number of benzene rings is 2. The second-order valence-electron chi connectivity index (χ2n) is 8.64. The fraction of sp³-hybridized carbons (Fsp3) is 0.360. The van der Waals surface area contributed by atoms with Gasteiger partial charge in [0.1, 0.15) is 16.7 Å². The summed E-state index contributed by atoms with van der Waals surface area (Å²) in [5.41, 5.74) is 2.13. The first-order valence-electron chi connectivity index (χ1n) is 11.6. The van der Waals surface area contributed by atoms with Gasteiger partial charge in [0.25, 0.3) is 0 Å². The van der Waals surface area contributed by atoms with Crippen molar-refractivity contribution in [3.05, 3.63) is 54.2 Å². The summed E-state index contributed by atoms with van der Waals surface area (Å²) in [6.07, 6.45) is 4.71. The molecular formula is C25H30N4O5S. The van der Waals surface area contributed by atoms with Crippen molar-refractivity contribution in [3.63, 3.8) is 0 Å². The molecule has 4 rings (SSSR count). The molecular weight excluding hydrogens is 468 g/mol. The van der Waals surface area contributed by atoms with Crippen molar-refractivity contribution in [1.29, 1.82) is 0 Å². The molecule has 0 saturated carbocycles. The van der Waals surface area contributed by atoms with E-state index in [1.807, 2.05) is 30.5 Å². The summed E-state index contributed by atoms with van der Waals surface area (Å²) in [4.78, 5) is 28.2. The first-order chi connectivity index (χ1) is 16.8. The molecule has 2 heterocycles. The number of nitrogens with zero attached hydrogens (tertiary/aromatic N) is 1. The van der Waals surface area contributed by atoms with Crippen molar-refractivity contribution in [2.45, 2.75) is 43.5 Å². The van der Waals surface area contributed by atoms with Gasteiger partial charge in [-0.1, -0.05) is 24.6 Å². The van der Waals surface area contributed by atoms with Crippen LogP contribution in [0.4, 0.5) is 5.69 Å². The van der Waals surface area contributed by atoms with Gasteiger partial charge in [0.2, 0.25) is 21.8 Å². The zero-order chi connectivity index (χ0) is 25.0. The average molecular weight is 499 g/mol. The number of aromatic amines is 1. The number of aromatic nitrogens is 1. The second kappa shape index (κ2) is 10.5. The molecule has 3 N–H and O–H groups in total. The number of sulfonamides is 1. The van der Waals surface area contributed by atoms with Gasteiger partial charge in [0.15, 0.2) is 0 Å². The number of anilines is 1. The number of amides is 2. The van der Waals surface area contributed by atoms with Gasteiger partial charge < -0.3 is 20.4 Å². The van der Waals surface area contributed by atoms with E-state index in [1.54, 1.807) is 6.07 Å². The van der Waals surface area contributed by atoms with E-state index >= 15 is 0 Å². The Balaban J connectivity index is 1.59. The molecule has 0 bridgehead atoms. The molecule has 1 unspecified atom stereocenters. The van der Waals surface area contributed by atoms with Crippen LogP contribution in [0.1, 0.15) is 31.7 Å². The number of methoxy groups -OCH3 is 1. The molecule has 1 atom stereocenters. The quantitative estimate of drug-likeness (QED) is 0.441. The number of hydrogen-bond acceptors (Lipinski definition) is 5. The number of ether oxygens (including phenoxy) is 1. The molecule has 3 aromatic rings. The van der Waals surface area contributed by atoms with Crippen LogP contribution in [0.25, 0.3) is 10.9 Å². The number of hydrogen-bond donors (Lipinski definition) is 3. The number of rotatable bonds is 8. The first-order valence-corrected chi connectivity index (χ1v) is 13.0. The lowest BCUT2D eigenvalue weighted by atomic mass is 10.0. The van der Waals surface area contributed by atoms with Crippen LogP contribution in [0.3, 0.4) is 0 Å². The van der Waals surface area contributed by atoms with Crippen LogP contribution in [0.15, 0.2) is 53.6 Å². The van der Waals surface area contributed by atoms with Gasteiger partial charge in [-0.3, -0.25) is 9.59 Å². The topological polar surface area (TPSA) is 121 Å². The molecule has 186 valence electrons. The lowest BCUT2D eigenvalue weighted by Crippen LogP contribution is -2.44. The van der Waals surface area contributed by atoms with E-state index in [0.29, 0.717) is 18.8 Å². The van der Waals surface area contributed by atoms with Crippen LogP contribution >= 0.6 is 0 Å². The van der Waals surface area contributed by atoms with E-state index in [-0.39, 0.29) is 23.0 Å². The van der Waals surface area contributed by atoms with Crippen molar-refractivity contribution < 1.29 is 22.7 Å². The highest BCUT2D eigenvalue weighted by Gasteiger charge is 2.30. The van der Waals surface area contributed by atoms with Gasteiger partial charge in [0, 0.05) is 49.2 Å². The normalized spacial score (nSPS) is 15.5. The Labute approximate surface area is 204 Å². The Morgan fingerprint density at radius 3 is 2.57 bits per heavy atom. The van der Waals surface area contributed by atoms with Crippen LogP contribution in [-0.2, 0) is 26.0 Å². The van der Waals surface area contributed by atoms with Crippen LogP contribution in [0, 0.1) is 0 Å². The molecule has 2 aromatic carbocycles. The van der Waals surface area contributed by atoms with E-state index in [4.69, 9.17) is 4.74 Å². The van der Waals surface area contributed by atoms with Gasteiger partial charge in [0.05, 0.1) is 7.11 Å². The van der Waals surface area contributed by atoms with Crippen molar-refractivity contribution in [2.75, 3.05) is 25.5 Å². The number of fused-ring (bicyclic) bond motifs is 1. The molecule has 2 amide bonds. The number of nitrogens with one attached hydrogen (secondary N) is 3. The highest BCUT2D eigenvalue weighted by atomic mass is 32.2. The lowest BCUT2D eigenvalue weighted by Gasteiger charge is -2.26. The summed E-state index contributed by atoms with van der Waals surface area (Å²) in [6.45, 7) is 2.26. The molecule has 1 aromatic heterocycles. The summed E-state index contributed by atoms with van der Waals surface area (Å²) in [6, 6.07) is 11.4. The fourth-order valence-corrected chi connectivity index (χ4v) is 6.10. The van der Waals surface area contributed by atoms with Gasteiger partial charge >= 0.3 is 0 Å². The molecule has 1 aliphatic rings. The van der Waals surface area contributed by atoms with Gasteiger partial charge in [-0.2, -0.15) is 4.31 Å². The SMILES string of the molecule is COc1ccc(NC(=O)C(Cc2c[nH]c3ccccc23)NC(C)=O)cc1S(=O)(=O)N1CCCCC1.